The number of amides is 2. The maximum absolute atomic E-state index is 13.1. The smallest absolute Gasteiger partial charge is 0.226 e. The normalized spacial score (nSPS) is 24.8. The number of piperazine rings is 1. The van der Waals surface area contributed by atoms with Gasteiger partial charge in [-0.1, -0.05) is 0 Å². The summed E-state index contributed by atoms with van der Waals surface area (Å²) in [6.45, 7) is 7.82. The van der Waals surface area contributed by atoms with E-state index in [1.54, 1.807) is 6.92 Å². The maximum Gasteiger partial charge on any atom is 0.226 e. The number of nitrogens with one attached hydrogen (secondary N) is 1. The van der Waals surface area contributed by atoms with Crippen LogP contribution in [-0.4, -0.2) is 73.5 Å². The predicted molar refractivity (Wildman–Crippen MR) is 110 cm³/mol. The predicted octanol–water partition coefficient (Wildman–Crippen LogP) is 1.86. The fraction of sp³-hybridized carbons (Fsp3) is 0.636. The summed E-state index contributed by atoms with van der Waals surface area (Å²) in [5.74, 6) is 0.0946. The number of anilines is 1. The lowest BCUT2D eigenvalue weighted by Gasteiger charge is -2.37. The van der Waals surface area contributed by atoms with Crippen LogP contribution in [0.3, 0.4) is 0 Å². The van der Waals surface area contributed by atoms with Crippen LogP contribution in [0.15, 0.2) is 24.3 Å². The fourth-order valence-electron chi connectivity index (χ4n) is 5.03. The van der Waals surface area contributed by atoms with Crippen molar-refractivity contribution in [3.8, 4) is 0 Å². The molecule has 3 heterocycles. The van der Waals surface area contributed by atoms with Crippen LogP contribution in [0.25, 0.3) is 0 Å². The minimum Gasteiger partial charge on any atom is -0.369 e. The average Bonchev–Trinajstić information content (AvgIpc) is 3.03. The number of halogens is 1. The molecule has 1 N–H and O–H groups in total. The highest BCUT2D eigenvalue weighted by atomic mass is 19.1. The van der Waals surface area contributed by atoms with Crippen LogP contribution >= 0.6 is 0 Å². The summed E-state index contributed by atoms with van der Waals surface area (Å²) in [5.41, 5.74) is 0.811. The highest BCUT2D eigenvalue weighted by Gasteiger charge is 2.48. The molecule has 0 aromatic heterocycles. The van der Waals surface area contributed by atoms with Gasteiger partial charge in [0.15, 0.2) is 0 Å². The first-order chi connectivity index (χ1) is 13.9. The van der Waals surface area contributed by atoms with Crippen molar-refractivity contribution < 1.29 is 14.0 Å². The van der Waals surface area contributed by atoms with Crippen LogP contribution in [0.4, 0.5) is 10.1 Å². The Morgan fingerprint density at radius 2 is 1.76 bits per heavy atom. The first-order valence-corrected chi connectivity index (χ1v) is 10.7. The summed E-state index contributed by atoms with van der Waals surface area (Å²) >= 11 is 0. The zero-order valence-corrected chi connectivity index (χ0v) is 17.2. The number of hydrogen-bond acceptors (Lipinski definition) is 4. The van der Waals surface area contributed by atoms with Crippen molar-refractivity contribution in [2.24, 2.45) is 5.41 Å². The largest absolute Gasteiger partial charge is 0.369 e. The third-order valence-corrected chi connectivity index (χ3v) is 6.98. The number of hydrogen-bond donors (Lipinski definition) is 1. The first-order valence-electron chi connectivity index (χ1n) is 10.7. The van der Waals surface area contributed by atoms with E-state index in [1.165, 1.54) is 12.1 Å². The van der Waals surface area contributed by atoms with E-state index in [2.05, 4.69) is 15.1 Å². The highest BCUT2D eigenvalue weighted by Crippen LogP contribution is 2.41. The number of carbonyl (C=O) groups excluding carboxylic acids is 2. The van der Waals surface area contributed by atoms with Crippen molar-refractivity contribution >= 4 is 17.5 Å². The minimum absolute atomic E-state index is 0.106. The summed E-state index contributed by atoms with van der Waals surface area (Å²) in [7, 11) is 0. The van der Waals surface area contributed by atoms with Gasteiger partial charge in [-0.2, -0.15) is 0 Å². The van der Waals surface area contributed by atoms with E-state index in [9.17, 15) is 14.0 Å². The lowest BCUT2D eigenvalue weighted by atomic mass is 9.75. The maximum atomic E-state index is 13.1. The SMILES string of the molecule is CC(=O)N1CCC2(CC1)C[C@@H](CCN1CCN(c3ccc(F)cc3)CC1)NC2=O. The third-order valence-electron chi connectivity index (χ3n) is 6.98. The van der Waals surface area contributed by atoms with Crippen molar-refractivity contribution in [1.29, 1.82) is 0 Å². The Morgan fingerprint density at radius 1 is 1.10 bits per heavy atom. The van der Waals surface area contributed by atoms with Crippen LogP contribution in [-0.2, 0) is 9.59 Å². The van der Waals surface area contributed by atoms with Crippen LogP contribution in [0.5, 0.6) is 0 Å². The quantitative estimate of drug-likeness (QED) is 0.835. The second-order valence-electron chi connectivity index (χ2n) is 8.75. The van der Waals surface area contributed by atoms with E-state index in [1.807, 2.05) is 17.0 Å². The van der Waals surface area contributed by atoms with E-state index in [4.69, 9.17) is 0 Å². The van der Waals surface area contributed by atoms with Gasteiger partial charge in [-0.25, -0.2) is 4.39 Å². The Hall–Kier alpha value is -2.15. The summed E-state index contributed by atoms with van der Waals surface area (Å²) in [6.07, 6.45) is 3.43. The number of piperidine rings is 1. The van der Waals surface area contributed by atoms with Crippen LogP contribution < -0.4 is 10.2 Å². The van der Waals surface area contributed by atoms with Crippen molar-refractivity contribution in [3.63, 3.8) is 0 Å². The Kier molecular flexibility index (Phi) is 5.76. The van der Waals surface area contributed by atoms with Crippen molar-refractivity contribution in [2.45, 2.75) is 38.6 Å². The molecule has 0 aliphatic carbocycles. The van der Waals surface area contributed by atoms with Gasteiger partial charge in [0, 0.05) is 64.5 Å². The number of carbonyl (C=O) groups is 2. The van der Waals surface area contributed by atoms with E-state index < -0.39 is 0 Å². The number of benzene rings is 1. The molecule has 0 radical (unpaired) electrons. The number of rotatable bonds is 4. The minimum atomic E-state index is -0.266. The van der Waals surface area contributed by atoms with Crippen molar-refractivity contribution in [3.05, 3.63) is 30.1 Å². The number of likely N-dealkylation sites (tertiary alicyclic amines) is 1. The standard InChI is InChI=1S/C22H31FN4O2/c1-17(28)26-10-7-22(8-11-26)16-19(24-21(22)29)6-9-25-12-14-27(15-13-25)20-4-2-18(23)3-5-20/h2-5,19H,6-16H2,1H3,(H,24,29)/t19-/m1/s1. The lowest BCUT2D eigenvalue weighted by molar-refractivity contribution is -0.136. The molecule has 1 atom stereocenters. The van der Waals surface area contributed by atoms with E-state index >= 15 is 0 Å². The third kappa shape index (κ3) is 4.39. The molecular formula is C22H31FN4O2. The summed E-state index contributed by atoms with van der Waals surface area (Å²) in [6, 6.07) is 6.95. The Labute approximate surface area is 172 Å². The molecule has 0 bridgehead atoms. The average molecular weight is 403 g/mol. The van der Waals surface area contributed by atoms with Crippen molar-refractivity contribution in [2.75, 3.05) is 50.7 Å². The van der Waals surface area contributed by atoms with Crippen LogP contribution in [0, 0.1) is 11.2 Å². The molecule has 29 heavy (non-hydrogen) atoms. The molecule has 3 fully saturated rings. The summed E-state index contributed by atoms with van der Waals surface area (Å²) < 4.78 is 13.1. The van der Waals surface area contributed by atoms with Gasteiger partial charge in [-0.05, 0) is 49.9 Å². The lowest BCUT2D eigenvalue weighted by Crippen LogP contribution is -2.47. The van der Waals surface area contributed by atoms with Gasteiger partial charge in [-0.3, -0.25) is 14.5 Å². The summed E-state index contributed by atoms with van der Waals surface area (Å²) in [5, 5.41) is 3.22. The molecule has 3 aliphatic rings. The topological polar surface area (TPSA) is 55.9 Å². The molecule has 0 unspecified atom stereocenters. The van der Waals surface area contributed by atoms with Gasteiger partial charge in [0.25, 0.3) is 0 Å². The second-order valence-corrected chi connectivity index (χ2v) is 8.75. The van der Waals surface area contributed by atoms with Crippen LogP contribution in [0.2, 0.25) is 0 Å². The highest BCUT2D eigenvalue weighted by molar-refractivity contribution is 5.85. The Balaban J connectivity index is 1.22. The van der Waals surface area contributed by atoms with E-state index in [-0.39, 0.29) is 29.1 Å². The fourth-order valence-corrected chi connectivity index (χ4v) is 5.03. The van der Waals surface area contributed by atoms with Gasteiger partial charge in [0.05, 0.1) is 5.41 Å². The van der Waals surface area contributed by atoms with Crippen molar-refractivity contribution in [1.82, 2.24) is 15.1 Å². The molecule has 7 heteroatoms. The Morgan fingerprint density at radius 3 is 2.38 bits per heavy atom. The Bertz CT molecular complexity index is 738. The first kappa shape index (κ1) is 20.1. The molecule has 3 aliphatic heterocycles. The zero-order chi connectivity index (χ0) is 20.4. The number of nitrogens with zero attached hydrogens (tertiary/aromatic N) is 3. The molecule has 1 aromatic rings. The zero-order valence-electron chi connectivity index (χ0n) is 17.2. The monoisotopic (exact) mass is 402 g/mol. The van der Waals surface area contributed by atoms with Crippen LogP contribution in [0.1, 0.15) is 32.6 Å². The molecule has 2 amide bonds. The van der Waals surface area contributed by atoms with E-state index in [0.29, 0.717) is 13.1 Å². The van der Waals surface area contributed by atoms with Gasteiger partial charge in [0.2, 0.25) is 11.8 Å². The molecule has 4 rings (SSSR count). The summed E-state index contributed by atoms with van der Waals surface area (Å²) in [4.78, 5) is 30.8. The second kappa shape index (κ2) is 8.30. The molecule has 0 saturated carbocycles. The van der Waals surface area contributed by atoms with Gasteiger partial charge in [-0.15, -0.1) is 0 Å². The van der Waals surface area contributed by atoms with Gasteiger partial charge < -0.3 is 15.1 Å². The molecule has 3 saturated heterocycles. The van der Waals surface area contributed by atoms with E-state index in [0.717, 1.165) is 64.1 Å². The molecule has 158 valence electrons. The molecule has 1 spiro atoms. The molecule has 6 nitrogen and oxygen atoms in total. The molecule has 1 aromatic carbocycles. The van der Waals surface area contributed by atoms with Gasteiger partial charge in [0.1, 0.15) is 5.82 Å². The van der Waals surface area contributed by atoms with Gasteiger partial charge >= 0.3 is 0 Å². The molecular weight excluding hydrogens is 371 g/mol.